The van der Waals surface area contributed by atoms with Crippen LogP contribution in [0.1, 0.15) is 46.1 Å². The molecular formula is C26H35N5O3. The van der Waals surface area contributed by atoms with Crippen LogP contribution in [0.3, 0.4) is 0 Å². The lowest BCUT2D eigenvalue weighted by Gasteiger charge is -2.25. The summed E-state index contributed by atoms with van der Waals surface area (Å²) in [6, 6.07) is 15.9. The van der Waals surface area contributed by atoms with Gasteiger partial charge in [-0.1, -0.05) is 42.0 Å². The minimum absolute atomic E-state index is 0.0328. The summed E-state index contributed by atoms with van der Waals surface area (Å²) in [5.74, 6) is 5.83. The molecule has 3 aliphatic heterocycles. The average molecular weight is 466 g/mol. The molecule has 8 nitrogen and oxygen atoms in total. The van der Waals surface area contributed by atoms with Crippen LogP contribution in [0.25, 0.3) is 0 Å². The summed E-state index contributed by atoms with van der Waals surface area (Å²) in [4.78, 5) is 15.2. The molecule has 0 aliphatic carbocycles. The molecule has 0 radical (unpaired) electrons. The largest absolute Gasteiger partial charge is 0.371 e. The Kier molecular flexibility index (Phi) is 7.24. The van der Waals surface area contributed by atoms with Crippen LogP contribution in [0.15, 0.2) is 48.5 Å². The molecule has 3 fully saturated rings. The second-order valence-corrected chi connectivity index (χ2v) is 9.64. The van der Waals surface area contributed by atoms with E-state index in [1.807, 2.05) is 31.2 Å². The fourth-order valence-corrected chi connectivity index (χ4v) is 5.25. The lowest BCUT2D eigenvalue weighted by Crippen LogP contribution is -2.49. The predicted molar refractivity (Wildman–Crippen MR) is 130 cm³/mol. The van der Waals surface area contributed by atoms with Gasteiger partial charge in [0.05, 0.1) is 31.5 Å². The number of benzene rings is 2. The maximum absolute atomic E-state index is 12.7. The first-order chi connectivity index (χ1) is 16.6. The molecule has 5 N–H and O–H groups in total. The van der Waals surface area contributed by atoms with Crippen molar-refractivity contribution in [3.63, 3.8) is 0 Å². The van der Waals surface area contributed by atoms with E-state index in [9.17, 15) is 4.79 Å². The Morgan fingerprint density at radius 1 is 1.06 bits per heavy atom. The molecular weight excluding hydrogens is 430 g/mol. The second-order valence-electron chi connectivity index (χ2n) is 9.64. The number of rotatable bonds is 8. The fraction of sp³-hybridized carbons (Fsp3) is 0.500. The van der Waals surface area contributed by atoms with Crippen molar-refractivity contribution >= 4 is 5.91 Å². The molecule has 0 aromatic heterocycles. The first-order valence-electron chi connectivity index (χ1n) is 12.2. The highest BCUT2D eigenvalue weighted by Crippen LogP contribution is 2.29. The van der Waals surface area contributed by atoms with Gasteiger partial charge in [-0.05, 0) is 56.1 Å². The summed E-state index contributed by atoms with van der Waals surface area (Å²) in [6.45, 7) is 6.23. The number of likely N-dealkylation sites (tertiary alicyclic amines) is 1. The number of carbonyl (C=O) groups excluding carboxylic acids is 1. The second kappa shape index (κ2) is 10.5. The number of nitrogens with one attached hydrogen (secondary N) is 3. The Labute approximate surface area is 201 Å². The van der Waals surface area contributed by atoms with E-state index in [1.54, 1.807) is 0 Å². The number of hydrazine groups is 1. The van der Waals surface area contributed by atoms with E-state index in [1.165, 1.54) is 31.5 Å². The lowest BCUT2D eigenvalue weighted by atomic mass is 10.0. The number of carbonyl (C=O) groups is 1. The molecule has 3 heterocycles. The van der Waals surface area contributed by atoms with Crippen molar-refractivity contribution in [3.8, 4) is 0 Å². The van der Waals surface area contributed by atoms with Crippen molar-refractivity contribution < 1.29 is 14.3 Å². The molecule has 2 aromatic rings. The highest BCUT2D eigenvalue weighted by atomic mass is 16.6. The van der Waals surface area contributed by atoms with E-state index in [0.717, 1.165) is 17.7 Å². The minimum Gasteiger partial charge on any atom is -0.371 e. The third kappa shape index (κ3) is 5.17. The van der Waals surface area contributed by atoms with Crippen LogP contribution in [0.4, 0.5) is 0 Å². The molecule has 0 bridgehead atoms. The summed E-state index contributed by atoms with van der Waals surface area (Å²) in [5.41, 5.74) is 7.05. The molecule has 0 saturated carbocycles. The van der Waals surface area contributed by atoms with Gasteiger partial charge in [0.15, 0.2) is 0 Å². The molecule has 8 heteroatoms. The smallest absolute Gasteiger partial charge is 0.251 e. The zero-order valence-corrected chi connectivity index (χ0v) is 19.7. The number of amides is 1. The number of ether oxygens (including phenoxy) is 2. The lowest BCUT2D eigenvalue weighted by molar-refractivity contribution is 0.0632. The van der Waals surface area contributed by atoms with Crippen LogP contribution in [0.2, 0.25) is 0 Å². The molecule has 3 saturated heterocycles. The molecule has 5 rings (SSSR count). The number of nitrogens with zero attached hydrogens (tertiary/aromatic N) is 1. The van der Waals surface area contributed by atoms with E-state index in [0.29, 0.717) is 18.8 Å². The number of aryl methyl sites for hydroxylation is 1. The minimum atomic E-state index is -0.226. The van der Waals surface area contributed by atoms with Crippen molar-refractivity contribution in [2.75, 3.05) is 26.3 Å². The SMILES string of the molecule is Cc1ccc(C(=O)NC2COC3C(NC(NN)c4cccc(CN5CCCC5)c4)COC23)cc1. The summed E-state index contributed by atoms with van der Waals surface area (Å²) >= 11 is 0. The average Bonchev–Trinajstić information content (AvgIpc) is 3.58. The Morgan fingerprint density at radius 3 is 2.50 bits per heavy atom. The molecule has 2 aromatic carbocycles. The van der Waals surface area contributed by atoms with Crippen LogP contribution in [-0.4, -0.2) is 61.4 Å². The third-order valence-electron chi connectivity index (χ3n) is 7.12. The molecule has 0 spiro atoms. The van der Waals surface area contributed by atoms with E-state index >= 15 is 0 Å². The zero-order chi connectivity index (χ0) is 23.5. The van der Waals surface area contributed by atoms with Crippen molar-refractivity contribution in [1.82, 2.24) is 21.0 Å². The number of hydrogen-bond acceptors (Lipinski definition) is 7. The third-order valence-corrected chi connectivity index (χ3v) is 7.12. The van der Waals surface area contributed by atoms with E-state index in [4.69, 9.17) is 15.3 Å². The zero-order valence-electron chi connectivity index (χ0n) is 19.7. The monoisotopic (exact) mass is 465 g/mol. The van der Waals surface area contributed by atoms with Crippen molar-refractivity contribution in [3.05, 3.63) is 70.8 Å². The van der Waals surface area contributed by atoms with Gasteiger partial charge in [0.25, 0.3) is 5.91 Å². The molecule has 182 valence electrons. The number of hydrogen-bond donors (Lipinski definition) is 4. The van der Waals surface area contributed by atoms with Gasteiger partial charge in [-0.25, -0.2) is 5.43 Å². The fourth-order valence-electron chi connectivity index (χ4n) is 5.25. The topological polar surface area (TPSA) is 101 Å². The molecule has 5 unspecified atom stereocenters. The van der Waals surface area contributed by atoms with Crippen LogP contribution in [0, 0.1) is 6.92 Å². The van der Waals surface area contributed by atoms with Crippen LogP contribution < -0.4 is 21.9 Å². The maximum atomic E-state index is 12.7. The number of fused-ring (bicyclic) bond motifs is 1. The van der Waals surface area contributed by atoms with Gasteiger partial charge in [0.2, 0.25) is 0 Å². The Hall–Kier alpha value is -2.33. The molecule has 1 amide bonds. The Bertz CT molecular complexity index is 979. The van der Waals surface area contributed by atoms with E-state index in [2.05, 4.69) is 45.2 Å². The maximum Gasteiger partial charge on any atom is 0.251 e. The highest BCUT2D eigenvalue weighted by Gasteiger charge is 2.48. The summed E-state index contributed by atoms with van der Waals surface area (Å²) in [6.07, 6.45) is 2.00. The van der Waals surface area contributed by atoms with Gasteiger partial charge in [-0.3, -0.25) is 20.9 Å². The Balaban J connectivity index is 1.19. The van der Waals surface area contributed by atoms with Crippen molar-refractivity contribution in [2.45, 2.75) is 56.8 Å². The van der Waals surface area contributed by atoms with Crippen molar-refractivity contribution in [2.24, 2.45) is 5.84 Å². The predicted octanol–water partition coefficient (Wildman–Crippen LogP) is 1.61. The molecule has 34 heavy (non-hydrogen) atoms. The summed E-state index contributed by atoms with van der Waals surface area (Å²) in [7, 11) is 0. The first-order valence-corrected chi connectivity index (χ1v) is 12.2. The van der Waals surface area contributed by atoms with Gasteiger partial charge in [0.1, 0.15) is 12.2 Å². The molecule has 3 aliphatic rings. The van der Waals surface area contributed by atoms with Gasteiger partial charge < -0.3 is 14.8 Å². The van der Waals surface area contributed by atoms with Crippen molar-refractivity contribution in [1.29, 1.82) is 0 Å². The number of nitrogens with two attached hydrogens (primary N) is 1. The van der Waals surface area contributed by atoms with Crippen LogP contribution in [0.5, 0.6) is 0 Å². The van der Waals surface area contributed by atoms with Gasteiger partial charge in [0, 0.05) is 12.1 Å². The summed E-state index contributed by atoms with van der Waals surface area (Å²) < 4.78 is 12.1. The van der Waals surface area contributed by atoms with E-state index in [-0.39, 0.29) is 36.4 Å². The van der Waals surface area contributed by atoms with E-state index < -0.39 is 0 Å². The first kappa shape index (κ1) is 23.4. The van der Waals surface area contributed by atoms with Crippen LogP contribution in [-0.2, 0) is 16.0 Å². The van der Waals surface area contributed by atoms with Gasteiger partial charge in [-0.2, -0.15) is 0 Å². The molecule has 5 atom stereocenters. The Morgan fingerprint density at radius 2 is 1.76 bits per heavy atom. The van der Waals surface area contributed by atoms with Gasteiger partial charge in [-0.15, -0.1) is 0 Å². The van der Waals surface area contributed by atoms with Gasteiger partial charge >= 0.3 is 0 Å². The quantitative estimate of drug-likeness (QED) is 0.267. The highest BCUT2D eigenvalue weighted by molar-refractivity contribution is 5.94. The summed E-state index contributed by atoms with van der Waals surface area (Å²) in [5, 5.41) is 6.66. The standard InChI is InChI=1S/C26H35N5O3/c1-17-7-9-19(10-8-17)26(32)29-22-16-34-23-21(15-33-24(22)23)28-25(30-27)20-6-4-5-18(13-20)14-31-11-2-3-12-31/h4-10,13,21-25,28,30H,2-3,11-12,14-16,27H2,1H3,(H,29,32). The normalized spacial score (nSPS) is 27.6. The van der Waals surface area contributed by atoms with Crippen LogP contribution >= 0.6 is 0 Å².